The molecule has 0 heterocycles. The number of benzene rings is 2. The number of carbonyl (C=O) groups excluding carboxylic acids is 1. The summed E-state index contributed by atoms with van der Waals surface area (Å²) in [6.45, 7) is 2.78. The van der Waals surface area contributed by atoms with E-state index >= 15 is 0 Å². The highest BCUT2D eigenvalue weighted by atomic mass is 16.5. The van der Waals surface area contributed by atoms with Crippen LogP contribution < -0.4 is 24.3 Å². The Balaban J connectivity index is 2.09. The van der Waals surface area contributed by atoms with Gasteiger partial charge in [0.1, 0.15) is 11.5 Å². The van der Waals surface area contributed by atoms with Gasteiger partial charge >= 0.3 is 6.03 Å². The van der Waals surface area contributed by atoms with Crippen LogP contribution in [-0.4, -0.2) is 45.9 Å². The molecule has 0 aliphatic rings. The Bertz CT molecular complexity index is 779. The van der Waals surface area contributed by atoms with Gasteiger partial charge in [-0.2, -0.15) is 0 Å². The first-order valence-electron chi connectivity index (χ1n) is 8.56. The third-order valence-electron chi connectivity index (χ3n) is 3.96. The van der Waals surface area contributed by atoms with Gasteiger partial charge in [0.2, 0.25) is 0 Å². The van der Waals surface area contributed by atoms with Crippen molar-refractivity contribution in [2.45, 2.75) is 13.5 Å². The summed E-state index contributed by atoms with van der Waals surface area (Å²) >= 11 is 0. The SMILES string of the molecule is CCOc1cc(NC(=O)N(C)Cc2ccc(OC)cc2OC)ccc1OC. The summed E-state index contributed by atoms with van der Waals surface area (Å²) in [6.07, 6.45) is 0. The standard InChI is InChI=1S/C20H26N2O5/c1-6-27-19-11-15(8-10-17(19)25-4)21-20(23)22(2)13-14-7-9-16(24-3)12-18(14)26-5/h7-12H,6,13H2,1-5H3,(H,21,23). The number of methoxy groups -OCH3 is 3. The van der Waals surface area contributed by atoms with E-state index in [1.54, 1.807) is 57.5 Å². The lowest BCUT2D eigenvalue weighted by atomic mass is 10.2. The molecular formula is C20H26N2O5. The van der Waals surface area contributed by atoms with Crippen LogP contribution in [0.1, 0.15) is 12.5 Å². The number of carbonyl (C=O) groups is 1. The molecule has 0 aliphatic carbocycles. The second-order valence-electron chi connectivity index (χ2n) is 5.76. The molecule has 7 heteroatoms. The van der Waals surface area contributed by atoms with Gasteiger partial charge in [-0.3, -0.25) is 0 Å². The minimum atomic E-state index is -0.250. The fourth-order valence-electron chi connectivity index (χ4n) is 2.55. The highest BCUT2D eigenvalue weighted by Gasteiger charge is 2.14. The van der Waals surface area contributed by atoms with E-state index in [2.05, 4.69) is 5.32 Å². The van der Waals surface area contributed by atoms with Crippen LogP contribution in [0.4, 0.5) is 10.5 Å². The lowest BCUT2D eigenvalue weighted by Crippen LogP contribution is -2.31. The molecule has 0 unspecified atom stereocenters. The Morgan fingerprint density at radius 1 is 0.963 bits per heavy atom. The quantitative estimate of drug-likeness (QED) is 0.762. The zero-order valence-corrected chi connectivity index (χ0v) is 16.4. The van der Waals surface area contributed by atoms with Crippen LogP contribution in [0, 0.1) is 0 Å². The van der Waals surface area contributed by atoms with Crippen LogP contribution in [0.25, 0.3) is 0 Å². The minimum absolute atomic E-state index is 0.250. The van der Waals surface area contributed by atoms with E-state index in [0.29, 0.717) is 41.8 Å². The predicted octanol–water partition coefficient (Wildman–Crippen LogP) is 3.78. The molecule has 27 heavy (non-hydrogen) atoms. The molecule has 0 aromatic heterocycles. The average Bonchev–Trinajstić information content (AvgIpc) is 2.68. The van der Waals surface area contributed by atoms with Crippen molar-refractivity contribution in [3.63, 3.8) is 0 Å². The molecule has 0 aliphatic heterocycles. The number of nitrogens with zero attached hydrogens (tertiary/aromatic N) is 1. The second-order valence-corrected chi connectivity index (χ2v) is 5.76. The average molecular weight is 374 g/mol. The molecule has 0 bridgehead atoms. The molecule has 0 spiro atoms. The lowest BCUT2D eigenvalue weighted by Gasteiger charge is -2.20. The van der Waals surface area contributed by atoms with Crippen LogP contribution in [0.5, 0.6) is 23.0 Å². The number of nitrogens with one attached hydrogen (secondary N) is 1. The maximum atomic E-state index is 12.5. The van der Waals surface area contributed by atoms with Crippen molar-refractivity contribution >= 4 is 11.7 Å². The van der Waals surface area contributed by atoms with Gasteiger partial charge in [0, 0.05) is 30.4 Å². The highest BCUT2D eigenvalue weighted by Crippen LogP contribution is 2.30. The molecule has 1 N–H and O–H groups in total. The molecule has 2 amide bonds. The van der Waals surface area contributed by atoms with Crippen LogP contribution >= 0.6 is 0 Å². The zero-order chi connectivity index (χ0) is 19.8. The van der Waals surface area contributed by atoms with Crippen molar-refractivity contribution < 1.29 is 23.7 Å². The molecule has 2 rings (SSSR count). The van der Waals surface area contributed by atoms with Crippen molar-refractivity contribution in [3.8, 4) is 23.0 Å². The number of urea groups is 1. The third kappa shape index (κ3) is 5.20. The van der Waals surface area contributed by atoms with Gasteiger partial charge < -0.3 is 29.2 Å². The first-order chi connectivity index (χ1) is 13.0. The van der Waals surface area contributed by atoms with Crippen molar-refractivity contribution in [3.05, 3.63) is 42.0 Å². The smallest absolute Gasteiger partial charge is 0.321 e. The predicted molar refractivity (Wildman–Crippen MR) is 104 cm³/mol. The summed E-state index contributed by atoms with van der Waals surface area (Å²) in [4.78, 5) is 14.1. The summed E-state index contributed by atoms with van der Waals surface area (Å²) in [5.74, 6) is 2.56. The number of amides is 2. The van der Waals surface area contributed by atoms with Gasteiger partial charge in [-0.25, -0.2) is 4.79 Å². The summed E-state index contributed by atoms with van der Waals surface area (Å²) in [5.41, 5.74) is 1.50. The van der Waals surface area contributed by atoms with Crippen LogP contribution in [0.2, 0.25) is 0 Å². The van der Waals surface area contributed by atoms with Crippen molar-refractivity contribution in [1.29, 1.82) is 0 Å². The molecule has 7 nitrogen and oxygen atoms in total. The van der Waals surface area contributed by atoms with Gasteiger partial charge in [0.05, 0.1) is 34.5 Å². The summed E-state index contributed by atoms with van der Waals surface area (Å²) in [7, 11) is 6.47. The Hall–Kier alpha value is -3.09. The van der Waals surface area contributed by atoms with E-state index in [1.807, 2.05) is 19.1 Å². The van der Waals surface area contributed by atoms with E-state index in [4.69, 9.17) is 18.9 Å². The number of ether oxygens (including phenoxy) is 4. The fraction of sp³-hybridized carbons (Fsp3) is 0.350. The summed E-state index contributed by atoms with van der Waals surface area (Å²) < 4.78 is 21.4. The Labute approximate surface area is 159 Å². The second kappa shape index (κ2) is 9.56. The van der Waals surface area contributed by atoms with Crippen LogP contribution in [0.3, 0.4) is 0 Å². The molecule has 0 fully saturated rings. The molecule has 0 saturated carbocycles. The van der Waals surface area contributed by atoms with Gasteiger partial charge in [-0.1, -0.05) is 0 Å². The van der Waals surface area contributed by atoms with E-state index in [1.165, 1.54) is 0 Å². The maximum Gasteiger partial charge on any atom is 0.321 e. The maximum absolute atomic E-state index is 12.5. The molecular weight excluding hydrogens is 348 g/mol. The number of anilines is 1. The van der Waals surface area contributed by atoms with Crippen molar-refractivity contribution in [2.75, 3.05) is 40.3 Å². The van der Waals surface area contributed by atoms with Crippen LogP contribution in [0.15, 0.2) is 36.4 Å². The minimum Gasteiger partial charge on any atom is -0.497 e. The molecule has 2 aromatic rings. The van der Waals surface area contributed by atoms with Gasteiger partial charge in [-0.05, 0) is 31.2 Å². The van der Waals surface area contributed by atoms with E-state index < -0.39 is 0 Å². The van der Waals surface area contributed by atoms with Gasteiger partial charge in [0.15, 0.2) is 11.5 Å². The Morgan fingerprint density at radius 2 is 1.70 bits per heavy atom. The number of hydrogen-bond donors (Lipinski definition) is 1. The Kier molecular flexibility index (Phi) is 7.16. The normalized spacial score (nSPS) is 10.1. The molecule has 2 aromatic carbocycles. The number of rotatable bonds is 8. The first-order valence-corrected chi connectivity index (χ1v) is 8.56. The molecule has 146 valence electrons. The Morgan fingerprint density at radius 3 is 2.33 bits per heavy atom. The topological polar surface area (TPSA) is 69.3 Å². The van der Waals surface area contributed by atoms with E-state index in [0.717, 1.165) is 5.56 Å². The summed E-state index contributed by atoms with van der Waals surface area (Å²) in [5, 5.41) is 2.86. The largest absolute Gasteiger partial charge is 0.497 e. The molecule has 0 atom stereocenters. The third-order valence-corrected chi connectivity index (χ3v) is 3.96. The summed E-state index contributed by atoms with van der Waals surface area (Å²) in [6, 6.07) is 10.5. The molecule has 0 saturated heterocycles. The fourth-order valence-corrected chi connectivity index (χ4v) is 2.55. The van der Waals surface area contributed by atoms with E-state index in [-0.39, 0.29) is 6.03 Å². The highest BCUT2D eigenvalue weighted by molar-refractivity contribution is 5.89. The number of hydrogen-bond acceptors (Lipinski definition) is 5. The lowest BCUT2D eigenvalue weighted by molar-refractivity contribution is 0.220. The zero-order valence-electron chi connectivity index (χ0n) is 16.4. The molecule has 0 radical (unpaired) electrons. The van der Waals surface area contributed by atoms with E-state index in [9.17, 15) is 4.79 Å². The van der Waals surface area contributed by atoms with Crippen molar-refractivity contribution in [1.82, 2.24) is 4.90 Å². The van der Waals surface area contributed by atoms with Gasteiger partial charge in [0.25, 0.3) is 0 Å². The monoisotopic (exact) mass is 374 g/mol. The van der Waals surface area contributed by atoms with Crippen molar-refractivity contribution in [2.24, 2.45) is 0 Å². The first kappa shape index (κ1) is 20.2. The van der Waals surface area contributed by atoms with Crippen LogP contribution in [-0.2, 0) is 6.54 Å². The van der Waals surface area contributed by atoms with Gasteiger partial charge in [-0.15, -0.1) is 0 Å².